The van der Waals surface area contributed by atoms with E-state index in [4.69, 9.17) is 25.8 Å². The van der Waals surface area contributed by atoms with E-state index in [0.29, 0.717) is 24.7 Å². The fourth-order valence-corrected chi connectivity index (χ4v) is 3.99. The zero-order valence-electron chi connectivity index (χ0n) is 19.7. The number of benzene rings is 2. The Kier molecular flexibility index (Phi) is 8.25. The first-order valence-corrected chi connectivity index (χ1v) is 11.6. The Labute approximate surface area is 200 Å². The lowest BCUT2D eigenvalue weighted by molar-refractivity contribution is -0.139. The minimum absolute atomic E-state index is 0.0732. The molecule has 0 spiro atoms. The number of hydrogen-bond donors (Lipinski definition) is 0. The predicted molar refractivity (Wildman–Crippen MR) is 128 cm³/mol. The zero-order chi connectivity index (χ0) is 24.0. The summed E-state index contributed by atoms with van der Waals surface area (Å²) in [6.45, 7) is 7.19. The van der Waals surface area contributed by atoms with E-state index in [0.717, 1.165) is 35.3 Å². The molecule has 2 aromatic rings. The van der Waals surface area contributed by atoms with Crippen LogP contribution in [-0.2, 0) is 27.3 Å². The van der Waals surface area contributed by atoms with Gasteiger partial charge in [-0.3, -0.25) is 4.79 Å². The van der Waals surface area contributed by atoms with Crippen LogP contribution >= 0.6 is 11.6 Å². The van der Waals surface area contributed by atoms with E-state index < -0.39 is 5.60 Å². The molecule has 1 unspecified atom stereocenters. The lowest BCUT2D eigenvalue weighted by Gasteiger charge is -2.35. The van der Waals surface area contributed by atoms with Crippen molar-refractivity contribution in [3.63, 3.8) is 0 Å². The van der Waals surface area contributed by atoms with Crippen molar-refractivity contribution in [3.05, 3.63) is 64.2 Å². The number of amides is 1. The van der Waals surface area contributed by atoms with E-state index in [1.807, 2.05) is 63.2 Å². The maximum Gasteiger partial charge on any atom is 0.410 e. The van der Waals surface area contributed by atoms with E-state index in [1.165, 1.54) is 7.11 Å². The van der Waals surface area contributed by atoms with E-state index in [2.05, 4.69) is 0 Å². The van der Waals surface area contributed by atoms with Crippen molar-refractivity contribution in [1.82, 2.24) is 4.90 Å². The number of carbonyl (C=O) groups is 2. The van der Waals surface area contributed by atoms with Gasteiger partial charge in [0.15, 0.2) is 0 Å². The molecule has 33 heavy (non-hydrogen) atoms. The van der Waals surface area contributed by atoms with Crippen molar-refractivity contribution >= 4 is 23.7 Å². The highest BCUT2D eigenvalue weighted by Crippen LogP contribution is 2.35. The molecule has 0 radical (unpaired) electrons. The van der Waals surface area contributed by atoms with Crippen LogP contribution in [0.25, 0.3) is 0 Å². The van der Waals surface area contributed by atoms with Crippen LogP contribution in [-0.4, -0.2) is 42.8 Å². The summed E-state index contributed by atoms with van der Waals surface area (Å²) in [7, 11) is 1.38. The van der Waals surface area contributed by atoms with Crippen LogP contribution in [0.3, 0.4) is 0 Å². The van der Waals surface area contributed by atoms with Gasteiger partial charge in [0.05, 0.1) is 13.5 Å². The molecule has 1 atom stereocenters. The molecule has 0 N–H and O–H groups in total. The van der Waals surface area contributed by atoms with Crippen molar-refractivity contribution in [3.8, 4) is 5.75 Å². The van der Waals surface area contributed by atoms with Crippen LogP contribution in [0.4, 0.5) is 4.79 Å². The van der Waals surface area contributed by atoms with E-state index in [-0.39, 0.29) is 24.4 Å². The fraction of sp³-hybridized carbons (Fsp3) is 0.462. The van der Waals surface area contributed by atoms with Gasteiger partial charge in [0.25, 0.3) is 0 Å². The monoisotopic (exact) mass is 473 g/mol. The first kappa shape index (κ1) is 24.9. The molecule has 1 heterocycles. The molecule has 0 bridgehead atoms. The summed E-state index contributed by atoms with van der Waals surface area (Å²) in [5.41, 5.74) is 2.30. The second-order valence-corrected chi connectivity index (χ2v) is 9.74. The number of likely N-dealkylation sites (tertiary alicyclic amines) is 1. The Morgan fingerprint density at radius 1 is 1.09 bits per heavy atom. The quantitative estimate of drug-likeness (QED) is 0.500. The first-order valence-electron chi connectivity index (χ1n) is 11.2. The average molecular weight is 474 g/mol. The maximum absolute atomic E-state index is 12.7. The van der Waals surface area contributed by atoms with Gasteiger partial charge in [0, 0.05) is 24.0 Å². The second kappa shape index (κ2) is 10.9. The van der Waals surface area contributed by atoms with Crippen LogP contribution in [0, 0.1) is 0 Å². The third kappa shape index (κ3) is 7.39. The van der Waals surface area contributed by atoms with Crippen LogP contribution in [0.15, 0.2) is 42.5 Å². The normalized spacial score (nSPS) is 16.3. The number of hydrogen-bond acceptors (Lipinski definition) is 5. The van der Waals surface area contributed by atoms with Gasteiger partial charge in [-0.05, 0) is 68.5 Å². The van der Waals surface area contributed by atoms with Gasteiger partial charge in [0.1, 0.15) is 18.0 Å². The number of esters is 1. The molecule has 0 aliphatic carbocycles. The summed E-state index contributed by atoms with van der Waals surface area (Å²) >= 11 is 5.98. The van der Waals surface area contributed by atoms with E-state index >= 15 is 0 Å². The van der Waals surface area contributed by atoms with Crippen LogP contribution in [0.2, 0.25) is 5.02 Å². The van der Waals surface area contributed by atoms with Crippen molar-refractivity contribution in [1.29, 1.82) is 0 Å². The summed E-state index contributed by atoms with van der Waals surface area (Å²) in [5.74, 6) is 0.522. The molecular formula is C26H32ClNO5. The van der Waals surface area contributed by atoms with Crippen molar-refractivity contribution in [2.45, 2.75) is 58.2 Å². The molecule has 1 aliphatic heterocycles. The summed E-state index contributed by atoms with van der Waals surface area (Å²) in [6.07, 6.45) is 1.66. The Bertz CT molecular complexity index is 968. The molecule has 1 saturated heterocycles. The zero-order valence-corrected chi connectivity index (χ0v) is 20.5. The molecule has 3 rings (SSSR count). The standard InChI is InChI=1S/C26H32ClNO5/c1-26(2,3)33-25(30)28-13-5-6-20(16-28)22-14-19(15-24(29)31-4)9-12-23(22)32-17-18-7-10-21(27)11-8-18/h7-12,14,20H,5-6,13,15-17H2,1-4H3. The molecule has 1 amide bonds. The van der Waals surface area contributed by atoms with E-state index in [1.54, 1.807) is 4.90 Å². The van der Waals surface area contributed by atoms with Gasteiger partial charge in [-0.1, -0.05) is 35.9 Å². The smallest absolute Gasteiger partial charge is 0.410 e. The average Bonchev–Trinajstić information content (AvgIpc) is 2.78. The Morgan fingerprint density at radius 2 is 1.79 bits per heavy atom. The number of methoxy groups -OCH3 is 1. The minimum atomic E-state index is -0.544. The molecule has 178 valence electrons. The van der Waals surface area contributed by atoms with Gasteiger partial charge in [-0.2, -0.15) is 0 Å². The lowest BCUT2D eigenvalue weighted by atomic mass is 9.88. The number of rotatable bonds is 6. The molecule has 6 nitrogen and oxygen atoms in total. The molecule has 0 saturated carbocycles. The largest absolute Gasteiger partial charge is 0.489 e. The van der Waals surface area contributed by atoms with Crippen LogP contribution < -0.4 is 4.74 Å². The topological polar surface area (TPSA) is 65.1 Å². The summed E-state index contributed by atoms with van der Waals surface area (Å²) in [6, 6.07) is 13.3. The molecule has 2 aromatic carbocycles. The van der Waals surface area contributed by atoms with E-state index in [9.17, 15) is 9.59 Å². The van der Waals surface area contributed by atoms with Crippen molar-refractivity contribution in [2.75, 3.05) is 20.2 Å². The lowest BCUT2D eigenvalue weighted by Crippen LogP contribution is -2.42. The van der Waals surface area contributed by atoms with Crippen molar-refractivity contribution < 1.29 is 23.8 Å². The molecule has 1 fully saturated rings. The minimum Gasteiger partial charge on any atom is -0.489 e. The molecule has 0 aromatic heterocycles. The van der Waals surface area contributed by atoms with Gasteiger partial charge in [-0.15, -0.1) is 0 Å². The Balaban J connectivity index is 1.82. The molecular weight excluding hydrogens is 442 g/mol. The number of halogens is 1. The number of carbonyl (C=O) groups excluding carboxylic acids is 2. The molecule has 1 aliphatic rings. The summed E-state index contributed by atoms with van der Waals surface area (Å²) in [5, 5.41) is 0.677. The predicted octanol–water partition coefficient (Wildman–Crippen LogP) is 5.75. The SMILES string of the molecule is COC(=O)Cc1ccc(OCc2ccc(Cl)cc2)c(C2CCCN(C(=O)OC(C)(C)C)C2)c1. The fourth-order valence-electron chi connectivity index (χ4n) is 3.86. The Morgan fingerprint density at radius 3 is 2.45 bits per heavy atom. The second-order valence-electron chi connectivity index (χ2n) is 9.31. The highest BCUT2D eigenvalue weighted by Gasteiger charge is 2.30. The van der Waals surface area contributed by atoms with Gasteiger partial charge >= 0.3 is 12.1 Å². The maximum atomic E-state index is 12.7. The summed E-state index contributed by atoms with van der Waals surface area (Å²) < 4.78 is 16.6. The third-order valence-corrected chi connectivity index (χ3v) is 5.72. The van der Waals surface area contributed by atoms with Gasteiger partial charge in [-0.25, -0.2) is 4.79 Å². The third-order valence-electron chi connectivity index (χ3n) is 5.47. The number of nitrogens with zero attached hydrogens (tertiary/aromatic N) is 1. The highest BCUT2D eigenvalue weighted by atomic mass is 35.5. The van der Waals surface area contributed by atoms with Crippen LogP contribution in [0.1, 0.15) is 56.2 Å². The molecule has 7 heteroatoms. The number of ether oxygens (including phenoxy) is 3. The van der Waals surface area contributed by atoms with Crippen LogP contribution in [0.5, 0.6) is 5.75 Å². The Hall–Kier alpha value is -2.73. The van der Waals surface area contributed by atoms with Gasteiger partial charge in [0.2, 0.25) is 0 Å². The van der Waals surface area contributed by atoms with Crippen molar-refractivity contribution in [2.24, 2.45) is 0 Å². The highest BCUT2D eigenvalue weighted by molar-refractivity contribution is 6.30. The van der Waals surface area contributed by atoms with Gasteiger partial charge < -0.3 is 19.1 Å². The number of piperidine rings is 1. The summed E-state index contributed by atoms with van der Waals surface area (Å²) in [4.78, 5) is 26.3. The first-order chi connectivity index (χ1) is 15.6.